The summed E-state index contributed by atoms with van der Waals surface area (Å²) in [6, 6.07) is 4.85. The highest BCUT2D eigenvalue weighted by Gasteiger charge is 2.22. The van der Waals surface area contributed by atoms with Gasteiger partial charge in [-0.05, 0) is 74.8 Å². The number of aromatic nitrogens is 3. The molecule has 0 atom stereocenters. The largest absolute Gasteiger partial charge is 0.382 e. The number of hydrogen-bond acceptors (Lipinski definition) is 5. The van der Waals surface area contributed by atoms with Gasteiger partial charge in [-0.15, -0.1) is 0 Å². The maximum atomic E-state index is 13.1. The first kappa shape index (κ1) is 23.6. The summed E-state index contributed by atoms with van der Waals surface area (Å²) < 4.78 is 42.8. The lowest BCUT2D eigenvalue weighted by Gasteiger charge is -2.18. The summed E-state index contributed by atoms with van der Waals surface area (Å²) in [7, 11) is -3.64. The summed E-state index contributed by atoms with van der Waals surface area (Å²) in [5, 5.41) is 0. The normalized spacial score (nSPS) is 14.0. The van der Waals surface area contributed by atoms with Gasteiger partial charge < -0.3 is 10.3 Å². The summed E-state index contributed by atoms with van der Waals surface area (Å²) in [5.74, 6) is 1.08. The Labute approximate surface area is 194 Å². The van der Waals surface area contributed by atoms with Crippen LogP contribution in [-0.4, -0.2) is 29.5 Å². The van der Waals surface area contributed by atoms with Crippen molar-refractivity contribution in [3.8, 4) is 0 Å². The first-order valence-electron chi connectivity index (χ1n) is 11.8. The number of nitrogen functional groups attached to an aromatic ring is 1. The number of fused-ring (bicyclic) bond motifs is 3. The molecule has 1 aliphatic carbocycles. The summed E-state index contributed by atoms with van der Waals surface area (Å²) in [6.45, 7) is 3.24. The van der Waals surface area contributed by atoms with Crippen LogP contribution in [0.4, 0.5) is 10.2 Å². The zero-order chi connectivity index (χ0) is 23.4. The molecular weight excluding hydrogens is 441 g/mol. The molecule has 9 heteroatoms. The van der Waals surface area contributed by atoms with Crippen molar-refractivity contribution in [2.24, 2.45) is 0 Å². The van der Waals surface area contributed by atoms with Gasteiger partial charge in [0.2, 0.25) is 10.0 Å². The van der Waals surface area contributed by atoms with Gasteiger partial charge in [0.1, 0.15) is 17.2 Å². The van der Waals surface area contributed by atoms with E-state index in [1.807, 2.05) is 0 Å². The van der Waals surface area contributed by atoms with Gasteiger partial charge in [0.15, 0.2) is 5.82 Å². The minimum atomic E-state index is -3.64. The molecule has 2 heterocycles. The van der Waals surface area contributed by atoms with Gasteiger partial charge in [-0.3, -0.25) is 0 Å². The van der Waals surface area contributed by atoms with Crippen LogP contribution in [0.3, 0.4) is 0 Å². The van der Waals surface area contributed by atoms with E-state index in [1.165, 1.54) is 17.7 Å². The summed E-state index contributed by atoms with van der Waals surface area (Å²) in [5.41, 5.74) is 10.6. The van der Waals surface area contributed by atoms with Crippen LogP contribution in [0.25, 0.3) is 11.0 Å². The van der Waals surface area contributed by atoms with E-state index >= 15 is 0 Å². The number of imidazole rings is 1. The van der Waals surface area contributed by atoms with E-state index in [0.717, 1.165) is 92.6 Å². The van der Waals surface area contributed by atoms with Gasteiger partial charge in [-0.1, -0.05) is 13.3 Å². The van der Waals surface area contributed by atoms with Crippen LogP contribution in [0.2, 0.25) is 0 Å². The van der Waals surface area contributed by atoms with Gasteiger partial charge in [0, 0.05) is 25.2 Å². The average molecular weight is 474 g/mol. The molecule has 0 radical (unpaired) electrons. The van der Waals surface area contributed by atoms with Crippen LogP contribution in [0.5, 0.6) is 0 Å². The van der Waals surface area contributed by atoms with Crippen LogP contribution in [0.1, 0.15) is 62.5 Å². The van der Waals surface area contributed by atoms with Crippen molar-refractivity contribution in [1.82, 2.24) is 19.3 Å². The molecule has 0 spiro atoms. The quantitative estimate of drug-likeness (QED) is 0.431. The zero-order valence-corrected chi connectivity index (χ0v) is 19.9. The molecule has 0 fully saturated rings. The maximum absolute atomic E-state index is 13.1. The van der Waals surface area contributed by atoms with E-state index < -0.39 is 15.8 Å². The molecule has 0 saturated carbocycles. The van der Waals surface area contributed by atoms with E-state index in [2.05, 4.69) is 21.2 Å². The van der Waals surface area contributed by atoms with Gasteiger partial charge in [0.05, 0.1) is 10.4 Å². The number of pyridine rings is 1. The molecule has 33 heavy (non-hydrogen) atoms. The van der Waals surface area contributed by atoms with E-state index in [9.17, 15) is 12.8 Å². The molecule has 0 saturated heterocycles. The molecule has 3 aromatic rings. The maximum Gasteiger partial charge on any atom is 0.240 e. The first-order chi connectivity index (χ1) is 15.9. The Bertz CT molecular complexity index is 1220. The van der Waals surface area contributed by atoms with Crippen molar-refractivity contribution in [3.05, 3.63) is 47.2 Å². The molecular formula is C24H32FN5O2S. The fraction of sp³-hybridized carbons (Fsp3) is 0.500. The molecule has 0 unspecified atom stereocenters. The summed E-state index contributed by atoms with van der Waals surface area (Å²) in [4.78, 5) is 9.60. The number of nitrogens with one attached hydrogen (secondary N) is 1. The zero-order valence-electron chi connectivity index (χ0n) is 19.1. The molecule has 4 rings (SSSR count). The smallest absolute Gasteiger partial charge is 0.240 e. The SMILES string of the molecule is CCCCc1nc2c(N)nc3c(c2n1CCCCNS(=O)(=O)c1ccc(F)cc1)CCCC3. The first-order valence-corrected chi connectivity index (χ1v) is 13.3. The third-order valence-electron chi connectivity index (χ3n) is 6.25. The van der Waals surface area contributed by atoms with Crippen molar-refractivity contribution in [1.29, 1.82) is 0 Å². The van der Waals surface area contributed by atoms with Crippen LogP contribution >= 0.6 is 0 Å². The Morgan fingerprint density at radius 1 is 1.09 bits per heavy atom. The Hall–Kier alpha value is -2.52. The molecule has 0 bridgehead atoms. The van der Waals surface area contributed by atoms with E-state index in [4.69, 9.17) is 10.7 Å². The molecule has 1 aliphatic rings. The lowest BCUT2D eigenvalue weighted by Crippen LogP contribution is -2.25. The van der Waals surface area contributed by atoms with Crippen LogP contribution in [0, 0.1) is 5.82 Å². The van der Waals surface area contributed by atoms with Crippen molar-refractivity contribution < 1.29 is 12.8 Å². The van der Waals surface area contributed by atoms with E-state index in [-0.39, 0.29) is 4.90 Å². The van der Waals surface area contributed by atoms with E-state index in [1.54, 1.807) is 0 Å². The van der Waals surface area contributed by atoms with Crippen molar-refractivity contribution in [3.63, 3.8) is 0 Å². The predicted octanol–water partition coefficient (Wildman–Crippen LogP) is 4.13. The molecule has 178 valence electrons. The Kier molecular flexibility index (Phi) is 7.29. The number of nitrogens with two attached hydrogens (primary N) is 1. The third-order valence-corrected chi connectivity index (χ3v) is 7.72. The summed E-state index contributed by atoms with van der Waals surface area (Å²) >= 11 is 0. The number of halogens is 1. The third kappa shape index (κ3) is 5.19. The minimum absolute atomic E-state index is 0.0703. The number of rotatable bonds is 10. The number of nitrogens with zero attached hydrogens (tertiary/aromatic N) is 3. The standard InChI is InChI=1S/C24H32FN5O2S/c1-2-3-10-21-29-22-23(19-8-4-5-9-20(19)28-24(22)26)30(21)16-7-6-15-27-33(31,32)18-13-11-17(25)12-14-18/h11-14,27H,2-10,15-16H2,1H3,(H2,26,28). The van der Waals surface area contributed by atoms with Crippen LogP contribution in [-0.2, 0) is 35.8 Å². The van der Waals surface area contributed by atoms with Crippen LogP contribution < -0.4 is 10.5 Å². The highest BCUT2D eigenvalue weighted by molar-refractivity contribution is 7.89. The number of sulfonamides is 1. The van der Waals surface area contributed by atoms with Gasteiger partial charge >= 0.3 is 0 Å². The van der Waals surface area contributed by atoms with Crippen molar-refractivity contribution in [2.75, 3.05) is 12.3 Å². The lowest BCUT2D eigenvalue weighted by molar-refractivity contribution is 0.559. The molecule has 3 N–H and O–H groups in total. The molecule has 2 aromatic heterocycles. The molecule has 0 amide bonds. The highest BCUT2D eigenvalue weighted by Crippen LogP contribution is 2.32. The second kappa shape index (κ2) is 10.2. The Morgan fingerprint density at radius 3 is 2.61 bits per heavy atom. The fourth-order valence-corrected chi connectivity index (χ4v) is 5.59. The monoisotopic (exact) mass is 473 g/mol. The number of anilines is 1. The van der Waals surface area contributed by atoms with Gasteiger partial charge in [-0.2, -0.15) is 0 Å². The molecule has 7 nitrogen and oxygen atoms in total. The van der Waals surface area contributed by atoms with Gasteiger partial charge in [-0.25, -0.2) is 27.5 Å². The second-order valence-corrected chi connectivity index (χ2v) is 10.4. The minimum Gasteiger partial charge on any atom is -0.382 e. The number of unbranched alkanes of at least 4 members (excludes halogenated alkanes) is 2. The van der Waals surface area contributed by atoms with Crippen LogP contribution in [0.15, 0.2) is 29.2 Å². The predicted molar refractivity (Wildman–Crippen MR) is 128 cm³/mol. The Morgan fingerprint density at radius 2 is 1.85 bits per heavy atom. The molecule has 1 aromatic carbocycles. The number of hydrogen-bond donors (Lipinski definition) is 2. The lowest BCUT2D eigenvalue weighted by atomic mass is 9.95. The number of aryl methyl sites for hydroxylation is 4. The molecule has 0 aliphatic heterocycles. The van der Waals surface area contributed by atoms with Crippen molar-refractivity contribution in [2.45, 2.75) is 76.2 Å². The Balaban J connectivity index is 1.48. The number of benzene rings is 1. The van der Waals surface area contributed by atoms with Crippen molar-refractivity contribution >= 4 is 26.9 Å². The topological polar surface area (TPSA) is 103 Å². The fourth-order valence-electron chi connectivity index (χ4n) is 4.52. The van der Waals surface area contributed by atoms with E-state index in [0.29, 0.717) is 18.8 Å². The summed E-state index contributed by atoms with van der Waals surface area (Å²) in [6.07, 6.45) is 8.73. The second-order valence-electron chi connectivity index (χ2n) is 8.67. The average Bonchev–Trinajstić information content (AvgIpc) is 3.17. The highest BCUT2D eigenvalue weighted by atomic mass is 32.2. The van der Waals surface area contributed by atoms with Gasteiger partial charge in [0.25, 0.3) is 0 Å².